The molecule has 2 rings (SSSR count). The fraction of sp³-hybridized carbons (Fsp3) is 0.214. The van der Waals surface area contributed by atoms with E-state index in [1.807, 2.05) is 6.92 Å². The lowest BCUT2D eigenvalue weighted by molar-refractivity contribution is -0.385. The molecule has 0 unspecified atom stereocenters. The van der Waals surface area contributed by atoms with E-state index in [1.165, 1.54) is 12.3 Å². The number of rotatable bonds is 5. The van der Waals surface area contributed by atoms with Crippen LogP contribution in [0.5, 0.6) is 11.5 Å². The molecule has 2 N–H and O–H groups in total. The van der Waals surface area contributed by atoms with Crippen LogP contribution in [0.25, 0.3) is 0 Å². The van der Waals surface area contributed by atoms with Crippen molar-refractivity contribution in [3.05, 3.63) is 58.2 Å². The minimum atomic E-state index is -0.701. The Hall–Kier alpha value is -2.54. The van der Waals surface area contributed by atoms with E-state index in [0.29, 0.717) is 11.4 Å². The number of ether oxygens (including phenoxy) is 1. The van der Waals surface area contributed by atoms with Gasteiger partial charge < -0.3 is 10.5 Å². The first-order valence-corrected chi connectivity index (χ1v) is 6.34. The van der Waals surface area contributed by atoms with Gasteiger partial charge in [-0.15, -0.1) is 0 Å². The molecule has 7 heteroatoms. The molecule has 110 valence electrons. The second-order valence-corrected chi connectivity index (χ2v) is 4.40. The molecule has 0 spiro atoms. The molecule has 0 aliphatic heterocycles. The highest BCUT2D eigenvalue weighted by atomic mass is 19.1. The lowest BCUT2D eigenvalue weighted by Gasteiger charge is -2.09. The van der Waals surface area contributed by atoms with Gasteiger partial charge in [0, 0.05) is 6.04 Å². The highest BCUT2D eigenvalue weighted by molar-refractivity contribution is 5.48. The largest absolute Gasteiger partial charge is 0.449 e. The quantitative estimate of drug-likeness (QED) is 0.674. The van der Waals surface area contributed by atoms with Crippen LogP contribution in [0, 0.1) is 15.9 Å². The molecule has 1 aromatic carbocycles. The summed E-state index contributed by atoms with van der Waals surface area (Å²) >= 11 is 0. The van der Waals surface area contributed by atoms with Gasteiger partial charge in [0.15, 0.2) is 0 Å². The van der Waals surface area contributed by atoms with Gasteiger partial charge in [-0.2, -0.15) is 0 Å². The molecule has 0 saturated heterocycles. The predicted octanol–water partition coefficient (Wildman–Crippen LogP) is 3.33. The Morgan fingerprint density at radius 2 is 2.19 bits per heavy atom. The predicted molar refractivity (Wildman–Crippen MR) is 74.6 cm³/mol. The van der Waals surface area contributed by atoms with Crippen molar-refractivity contribution in [3.8, 4) is 11.5 Å². The second kappa shape index (κ2) is 6.27. The lowest BCUT2D eigenvalue weighted by atomic mass is 10.1. The molecule has 0 fully saturated rings. The van der Waals surface area contributed by atoms with Gasteiger partial charge in [-0.1, -0.05) is 6.92 Å². The Bertz CT molecular complexity index is 646. The molecule has 0 bridgehead atoms. The standard InChI is InChI=1S/C14H14FN3O3/c1-2-11(16)12-5-4-10(8-17-12)21-14-6-3-9(15)7-13(14)18(19)20/h3-8,11H,2,16H2,1H3/t11-/m0/s1. The van der Waals surface area contributed by atoms with Crippen molar-refractivity contribution in [3.63, 3.8) is 0 Å². The summed E-state index contributed by atoms with van der Waals surface area (Å²) in [6.07, 6.45) is 2.18. The Labute approximate surface area is 120 Å². The number of pyridine rings is 1. The Balaban J connectivity index is 2.24. The van der Waals surface area contributed by atoms with Gasteiger partial charge in [0.1, 0.15) is 11.6 Å². The maximum Gasteiger partial charge on any atom is 0.314 e. The molecule has 1 heterocycles. The first-order chi connectivity index (χ1) is 10.0. The van der Waals surface area contributed by atoms with Gasteiger partial charge in [-0.25, -0.2) is 4.39 Å². The average Bonchev–Trinajstić information content (AvgIpc) is 2.49. The minimum Gasteiger partial charge on any atom is -0.449 e. The smallest absolute Gasteiger partial charge is 0.314 e. The van der Waals surface area contributed by atoms with Crippen LogP contribution in [0.1, 0.15) is 25.1 Å². The van der Waals surface area contributed by atoms with Crippen LogP contribution < -0.4 is 10.5 Å². The third kappa shape index (κ3) is 3.51. The fourth-order valence-electron chi connectivity index (χ4n) is 1.73. The number of halogens is 1. The molecule has 0 saturated carbocycles. The number of benzene rings is 1. The van der Waals surface area contributed by atoms with Gasteiger partial charge in [-0.05, 0) is 30.7 Å². The van der Waals surface area contributed by atoms with Crippen LogP contribution in [-0.2, 0) is 0 Å². The van der Waals surface area contributed by atoms with Crippen molar-refractivity contribution in [2.45, 2.75) is 19.4 Å². The van der Waals surface area contributed by atoms with Gasteiger partial charge in [0.2, 0.25) is 5.75 Å². The summed E-state index contributed by atoms with van der Waals surface area (Å²) in [4.78, 5) is 14.3. The fourth-order valence-corrected chi connectivity index (χ4v) is 1.73. The van der Waals surface area contributed by atoms with Gasteiger partial charge in [0.05, 0.1) is 22.9 Å². The lowest BCUT2D eigenvalue weighted by Crippen LogP contribution is -2.10. The molecule has 0 radical (unpaired) electrons. The first-order valence-electron chi connectivity index (χ1n) is 6.34. The van der Waals surface area contributed by atoms with Crippen molar-refractivity contribution < 1.29 is 14.1 Å². The van der Waals surface area contributed by atoms with Gasteiger partial charge in [-0.3, -0.25) is 15.1 Å². The topological polar surface area (TPSA) is 91.3 Å². The molecular formula is C14H14FN3O3. The first kappa shape index (κ1) is 14.9. The van der Waals surface area contributed by atoms with Crippen LogP contribution in [0.15, 0.2) is 36.5 Å². The Morgan fingerprint density at radius 1 is 1.43 bits per heavy atom. The summed E-state index contributed by atoms with van der Waals surface area (Å²) in [5, 5.41) is 10.9. The van der Waals surface area contributed by atoms with Gasteiger partial charge in [0.25, 0.3) is 0 Å². The molecule has 1 aromatic heterocycles. The van der Waals surface area contributed by atoms with Crippen LogP contribution in [-0.4, -0.2) is 9.91 Å². The van der Waals surface area contributed by atoms with Crippen LogP contribution in [0.3, 0.4) is 0 Å². The number of nitrogens with zero attached hydrogens (tertiary/aromatic N) is 2. The zero-order chi connectivity index (χ0) is 15.4. The maximum absolute atomic E-state index is 13.0. The number of nitro groups is 1. The molecule has 0 amide bonds. The maximum atomic E-state index is 13.0. The number of aromatic nitrogens is 1. The summed E-state index contributed by atoms with van der Waals surface area (Å²) in [5.41, 5.74) is 6.11. The van der Waals surface area contributed by atoms with E-state index >= 15 is 0 Å². The highest BCUT2D eigenvalue weighted by Crippen LogP contribution is 2.31. The zero-order valence-corrected chi connectivity index (χ0v) is 11.3. The number of nitrogens with two attached hydrogens (primary N) is 1. The van der Waals surface area contributed by atoms with E-state index in [-0.39, 0.29) is 11.8 Å². The SMILES string of the molecule is CC[C@H](N)c1ccc(Oc2ccc(F)cc2[N+](=O)[O-])cn1. The van der Waals surface area contributed by atoms with Crippen molar-refractivity contribution in [1.82, 2.24) is 4.98 Å². The molecule has 6 nitrogen and oxygen atoms in total. The normalized spacial score (nSPS) is 12.0. The Kier molecular flexibility index (Phi) is 4.44. The number of hydrogen-bond donors (Lipinski definition) is 1. The third-order valence-electron chi connectivity index (χ3n) is 2.92. The van der Waals surface area contributed by atoms with E-state index < -0.39 is 16.4 Å². The third-order valence-corrected chi connectivity index (χ3v) is 2.92. The molecule has 1 atom stereocenters. The van der Waals surface area contributed by atoms with E-state index in [4.69, 9.17) is 10.5 Å². The van der Waals surface area contributed by atoms with E-state index in [2.05, 4.69) is 4.98 Å². The van der Waals surface area contributed by atoms with E-state index in [0.717, 1.165) is 18.6 Å². The molecule has 2 aromatic rings. The summed E-state index contributed by atoms with van der Waals surface area (Å²) in [6.45, 7) is 1.94. The van der Waals surface area contributed by atoms with Gasteiger partial charge >= 0.3 is 5.69 Å². The molecular weight excluding hydrogens is 277 g/mol. The molecule has 0 aliphatic rings. The monoisotopic (exact) mass is 291 g/mol. The van der Waals surface area contributed by atoms with E-state index in [9.17, 15) is 14.5 Å². The van der Waals surface area contributed by atoms with Crippen LogP contribution in [0.4, 0.5) is 10.1 Å². The average molecular weight is 291 g/mol. The zero-order valence-electron chi connectivity index (χ0n) is 11.3. The minimum absolute atomic E-state index is 0.0456. The second-order valence-electron chi connectivity index (χ2n) is 4.40. The summed E-state index contributed by atoms with van der Waals surface area (Å²) in [7, 11) is 0. The number of nitro benzene ring substituents is 1. The van der Waals surface area contributed by atoms with Crippen molar-refractivity contribution in [1.29, 1.82) is 0 Å². The molecule has 0 aliphatic carbocycles. The van der Waals surface area contributed by atoms with Crippen LogP contribution >= 0.6 is 0 Å². The Morgan fingerprint density at radius 3 is 2.76 bits per heavy atom. The highest BCUT2D eigenvalue weighted by Gasteiger charge is 2.17. The van der Waals surface area contributed by atoms with E-state index in [1.54, 1.807) is 12.1 Å². The van der Waals surface area contributed by atoms with Crippen LogP contribution in [0.2, 0.25) is 0 Å². The molecule has 21 heavy (non-hydrogen) atoms. The summed E-state index contributed by atoms with van der Waals surface area (Å²) in [5.74, 6) is -0.427. The van der Waals surface area contributed by atoms with Crippen molar-refractivity contribution >= 4 is 5.69 Å². The summed E-state index contributed by atoms with van der Waals surface area (Å²) in [6, 6.07) is 6.25. The summed E-state index contributed by atoms with van der Waals surface area (Å²) < 4.78 is 18.4. The van der Waals surface area contributed by atoms with Crippen molar-refractivity contribution in [2.24, 2.45) is 5.73 Å². The number of hydrogen-bond acceptors (Lipinski definition) is 5. The van der Waals surface area contributed by atoms with Crippen molar-refractivity contribution in [2.75, 3.05) is 0 Å².